The second-order valence-corrected chi connectivity index (χ2v) is 15.3. The van der Waals surface area contributed by atoms with E-state index in [1.807, 2.05) is 59.3 Å². The first-order valence-corrected chi connectivity index (χ1v) is 19.2. The van der Waals surface area contributed by atoms with Gasteiger partial charge in [-0.2, -0.15) is 18.2 Å². The fraction of sp³-hybridized carbons (Fsp3) is 0.0769. The number of benzene rings is 7. The Balaban J connectivity index is 0.00000436. The van der Waals surface area contributed by atoms with Crippen LogP contribution in [0.25, 0.3) is 72.3 Å². The van der Waals surface area contributed by atoms with Gasteiger partial charge in [-0.1, -0.05) is 135 Å². The summed E-state index contributed by atoms with van der Waals surface area (Å²) in [6.07, 6.45) is 5.47. The van der Waals surface area contributed by atoms with Crippen molar-refractivity contribution >= 4 is 32.8 Å². The third-order valence-electron chi connectivity index (χ3n) is 10.6. The van der Waals surface area contributed by atoms with Crippen LogP contribution >= 0.6 is 0 Å². The molecule has 0 radical (unpaired) electrons. The van der Waals surface area contributed by atoms with Crippen molar-refractivity contribution in [2.24, 2.45) is 0 Å². The Kier molecular flexibility index (Phi) is 9.63. The predicted octanol–water partition coefficient (Wildman–Crippen LogP) is 12.2. The Morgan fingerprint density at radius 1 is 0.603 bits per heavy atom. The summed E-state index contributed by atoms with van der Waals surface area (Å²) >= 11 is 0. The second-order valence-electron chi connectivity index (χ2n) is 15.3. The number of ether oxygens (including phenoxy) is 1. The maximum Gasteiger partial charge on any atom is 0.268 e. The average molecular weight is 930 g/mol. The van der Waals surface area contributed by atoms with Crippen LogP contribution in [-0.4, -0.2) is 14.1 Å². The summed E-state index contributed by atoms with van der Waals surface area (Å²) in [4.78, 5) is 5.01. The molecule has 7 aromatic carbocycles. The van der Waals surface area contributed by atoms with E-state index in [9.17, 15) is 0 Å². The van der Waals surface area contributed by atoms with Crippen LogP contribution in [0.5, 0.6) is 11.5 Å². The first-order valence-electron chi connectivity index (χ1n) is 19.2. The molecule has 0 amide bonds. The van der Waals surface area contributed by atoms with Crippen molar-refractivity contribution < 1.29 is 30.4 Å². The van der Waals surface area contributed by atoms with Crippen LogP contribution in [0, 0.1) is 18.5 Å². The van der Waals surface area contributed by atoms with Gasteiger partial charge in [-0.05, 0) is 69.1 Å². The summed E-state index contributed by atoms with van der Waals surface area (Å²) in [7, 11) is 0. The van der Waals surface area contributed by atoms with Crippen molar-refractivity contribution in [1.29, 1.82) is 0 Å². The van der Waals surface area contributed by atoms with Crippen molar-refractivity contribution in [1.82, 2.24) is 14.1 Å². The molecule has 0 N–H and O–H groups in total. The quantitative estimate of drug-likeness (QED) is 0.118. The van der Waals surface area contributed by atoms with Crippen LogP contribution in [0.15, 0.2) is 176 Å². The predicted molar refractivity (Wildman–Crippen MR) is 230 cm³/mol. The topological polar surface area (TPSA) is 35.9 Å². The fourth-order valence-corrected chi connectivity index (χ4v) is 7.73. The molecule has 0 aliphatic rings. The zero-order valence-corrected chi connectivity index (χ0v) is 34.5. The summed E-state index contributed by atoms with van der Waals surface area (Å²) in [5.41, 5.74) is 11.5. The SMILES string of the molecule is CC(C)(C)c1ccnc(-n2c3[c-]c(Oc4[c-]c(-n5[c-][n+](-c6ccccc6)c6ccccc65)ccc4)ccc3c3cc(-c4ccccc4)cc(-c4ccccc4)c32)c1.[Pt]. The Morgan fingerprint density at radius 3 is 2.05 bits per heavy atom. The molecule has 0 saturated carbocycles. The van der Waals surface area contributed by atoms with Gasteiger partial charge in [0.15, 0.2) is 0 Å². The smallest absolute Gasteiger partial charge is 0.268 e. The third kappa shape index (κ3) is 6.72. The number of rotatable bonds is 7. The van der Waals surface area contributed by atoms with Crippen LogP contribution in [0.1, 0.15) is 26.3 Å². The standard InChI is InChI=1S/C52H38N4O.Pt/c1-52(2,3)39-28-29-53-50(32-39)56-49-34-43(26-27-44(49)46-31-38(36-16-7-4-8-17-36)30-45(51(46)56)37-18-9-5-10-19-37)57-42-23-15-22-41(33-42)55-35-54(40-20-11-6-12-21-40)47-24-13-14-25-48(47)55;/h4-32H,1-3H3;/q-2;. The Labute approximate surface area is 352 Å². The van der Waals surface area contributed by atoms with Crippen molar-refractivity contribution in [2.75, 3.05) is 0 Å². The fourth-order valence-electron chi connectivity index (χ4n) is 7.73. The Hall–Kier alpha value is -6.55. The van der Waals surface area contributed by atoms with Crippen molar-refractivity contribution in [2.45, 2.75) is 26.2 Å². The van der Waals surface area contributed by atoms with Gasteiger partial charge in [0.05, 0.1) is 16.7 Å². The minimum atomic E-state index is -0.0686. The van der Waals surface area contributed by atoms with E-state index in [0.717, 1.165) is 72.3 Å². The van der Waals surface area contributed by atoms with Gasteiger partial charge in [-0.25, -0.2) is 4.98 Å². The molecule has 0 aliphatic carbocycles. The molecule has 6 heteroatoms. The van der Waals surface area contributed by atoms with E-state index in [1.54, 1.807) is 0 Å². The number of hydrogen-bond acceptors (Lipinski definition) is 2. The van der Waals surface area contributed by atoms with Crippen LogP contribution in [0.3, 0.4) is 0 Å². The van der Waals surface area contributed by atoms with Gasteiger partial charge in [0.1, 0.15) is 5.82 Å². The van der Waals surface area contributed by atoms with Crippen LogP contribution in [-0.2, 0) is 26.5 Å². The summed E-state index contributed by atoms with van der Waals surface area (Å²) in [6.45, 7) is 6.70. The van der Waals surface area contributed by atoms with Crippen LogP contribution in [0.2, 0.25) is 0 Å². The number of imidazole rings is 1. The van der Waals surface area contributed by atoms with Gasteiger partial charge in [0.25, 0.3) is 6.33 Å². The molecule has 10 aromatic rings. The maximum absolute atomic E-state index is 6.65. The number of pyridine rings is 1. The Morgan fingerprint density at radius 2 is 1.29 bits per heavy atom. The number of fused-ring (bicyclic) bond motifs is 4. The molecule has 0 spiro atoms. The van der Waals surface area contributed by atoms with Crippen molar-refractivity contribution in [3.63, 3.8) is 0 Å². The zero-order valence-electron chi connectivity index (χ0n) is 32.3. The minimum Gasteiger partial charge on any atom is -0.510 e. The van der Waals surface area contributed by atoms with Gasteiger partial charge in [0, 0.05) is 49.8 Å². The average Bonchev–Trinajstić information content (AvgIpc) is 3.80. The first-order chi connectivity index (χ1) is 27.9. The van der Waals surface area contributed by atoms with E-state index in [-0.39, 0.29) is 26.5 Å². The number of hydrogen-bond donors (Lipinski definition) is 0. The summed E-state index contributed by atoms with van der Waals surface area (Å²) in [6, 6.07) is 66.0. The third-order valence-corrected chi connectivity index (χ3v) is 10.6. The zero-order chi connectivity index (χ0) is 38.5. The second kappa shape index (κ2) is 15.1. The molecule has 284 valence electrons. The van der Waals surface area contributed by atoms with E-state index in [4.69, 9.17) is 9.72 Å². The summed E-state index contributed by atoms with van der Waals surface area (Å²) in [5, 5.41) is 2.18. The molecule has 10 rings (SSSR count). The van der Waals surface area contributed by atoms with Gasteiger partial charge in [-0.3, -0.25) is 4.57 Å². The first kappa shape index (κ1) is 37.0. The largest absolute Gasteiger partial charge is 0.510 e. The molecular formula is C52H38N4OPt-2. The number of nitrogens with zero attached hydrogens (tertiary/aromatic N) is 4. The van der Waals surface area contributed by atoms with E-state index in [0.29, 0.717) is 11.5 Å². The molecule has 0 atom stereocenters. The molecule has 0 unspecified atom stereocenters. The van der Waals surface area contributed by atoms with Gasteiger partial charge in [0.2, 0.25) is 0 Å². The Bertz CT molecular complexity index is 3070. The van der Waals surface area contributed by atoms with Crippen molar-refractivity contribution in [3.8, 4) is 50.9 Å². The van der Waals surface area contributed by atoms with E-state index >= 15 is 0 Å². The monoisotopic (exact) mass is 929 g/mol. The number of para-hydroxylation sites is 3. The van der Waals surface area contributed by atoms with Crippen LogP contribution < -0.4 is 9.30 Å². The molecule has 3 heterocycles. The molecular weight excluding hydrogens is 892 g/mol. The van der Waals surface area contributed by atoms with Crippen LogP contribution in [0.4, 0.5) is 0 Å². The van der Waals surface area contributed by atoms with Gasteiger partial charge >= 0.3 is 0 Å². The normalized spacial score (nSPS) is 11.6. The summed E-state index contributed by atoms with van der Waals surface area (Å²) < 4.78 is 13.0. The van der Waals surface area contributed by atoms with E-state index in [2.05, 4.69) is 170 Å². The molecule has 5 nitrogen and oxygen atoms in total. The van der Waals surface area contributed by atoms with Gasteiger partial charge < -0.3 is 13.9 Å². The summed E-state index contributed by atoms with van der Waals surface area (Å²) in [5.74, 6) is 1.99. The molecule has 3 aromatic heterocycles. The molecule has 0 aliphatic heterocycles. The molecule has 58 heavy (non-hydrogen) atoms. The van der Waals surface area contributed by atoms with E-state index < -0.39 is 0 Å². The van der Waals surface area contributed by atoms with E-state index in [1.165, 1.54) is 5.56 Å². The van der Waals surface area contributed by atoms with Gasteiger partial charge in [-0.15, -0.1) is 29.7 Å². The minimum absolute atomic E-state index is 0. The van der Waals surface area contributed by atoms with Crippen molar-refractivity contribution in [3.05, 3.63) is 200 Å². The molecule has 0 fully saturated rings. The number of aromatic nitrogens is 4. The maximum atomic E-state index is 6.65. The molecule has 0 bridgehead atoms. The molecule has 0 saturated heterocycles.